The maximum atomic E-state index is 14.1. The van der Waals surface area contributed by atoms with E-state index in [1.165, 1.54) is 26.0 Å². The molecule has 2 heterocycles. The summed E-state index contributed by atoms with van der Waals surface area (Å²) in [4.78, 5) is 36.8. The summed E-state index contributed by atoms with van der Waals surface area (Å²) in [5, 5.41) is 13.5. The first-order valence-electron chi connectivity index (χ1n) is 12.8. The highest BCUT2D eigenvalue weighted by Gasteiger charge is 2.47. The van der Waals surface area contributed by atoms with Crippen molar-refractivity contribution in [3.63, 3.8) is 0 Å². The van der Waals surface area contributed by atoms with Crippen molar-refractivity contribution in [3.8, 4) is 11.5 Å². The Morgan fingerprint density at radius 1 is 1.02 bits per heavy atom. The molecule has 224 valence electrons. The van der Waals surface area contributed by atoms with Crippen LogP contribution in [0.15, 0.2) is 71.1 Å². The Balaban J connectivity index is 1.54. The number of allylic oxidation sites excluding steroid dienone is 2. The van der Waals surface area contributed by atoms with Crippen LogP contribution in [0.25, 0.3) is 0 Å². The van der Waals surface area contributed by atoms with Crippen LogP contribution < -0.4 is 14.8 Å². The summed E-state index contributed by atoms with van der Waals surface area (Å²) < 4.78 is 68.7. The second kappa shape index (κ2) is 12.9. The number of ether oxygens (including phenoxy) is 5. The second-order valence-electron chi connectivity index (χ2n) is 9.18. The van der Waals surface area contributed by atoms with E-state index in [0.717, 1.165) is 12.1 Å². The van der Waals surface area contributed by atoms with Crippen molar-refractivity contribution < 1.29 is 51.4 Å². The smallest absolute Gasteiger partial charge is 0.431 e. The van der Waals surface area contributed by atoms with Crippen molar-refractivity contribution in [2.45, 2.75) is 32.0 Å². The Kier molecular flexibility index (Phi) is 9.35. The third kappa shape index (κ3) is 7.37. The van der Waals surface area contributed by atoms with E-state index >= 15 is 0 Å². The van der Waals surface area contributed by atoms with Gasteiger partial charge in [0.2, 0.25) is 0 Å². The van der Waals surface area contributed by atoms with Crippen molar-refractivity contribution in [1.82, 2.24) is 5.32 Å². The molecule has 1 N–H and O–H groups in total. The maximum Gasteiger partial charge on any atom is 0.431 e. The fourth-order valence-electron chi connectivity index (χ4n) is 4.26. The van der Waals surface area contributed by atoms with Gasteiger partial charge in [0.05, 0.1) is 35.2 Å². The number of carbonyl (C=O) groups excluding carboxylic acids is 2. The quantitative estimate of drug-likeness (QED) is 0.125. The highest BCUT2D eigenvalue weighted by atomic mass is 19.4. The Morgan fingerprint density at radius 2 is 1.67 bits per heavy atom. The molecular weight excluding hydrogens is 565 g/mol. The molecule has 0 bridgehead atoms. The molecule has 4 rings (SSSR count). The van der Waals surface area contributed by atoms with E-state index in [0.29, 0.717) is 24.7 Å². The van der Waals surface area contributed by atoms with Gasteiger partial charge in [0, 0.05) is 17.8 Å². The molecular formula is C28H27F3N2O9. The molecule has 1 fully saturated rings. The number of epoxide rings is 1. The van der Waals surface area contributed by atoms with E-state index in [1.54, 1.807) is 24.3 Å². The molecule has 0 saturated carbocycles. The van der Waals surface area contributed by atoms with Gasteiger partial charge in [-0.1, -0.05) is 12.1 Å². The summed E-state index contributed by atoms with van der Waals surface area (Å²) in [6, 6.07) is 11.3. The van der Waals surface area contributed by atoms with Gasteiger partial charge in [0.25, 0.3) is 5.69 Å². The molecule has 0 amide bonds. The zero-order valence-corrected chi connectivity index (χ0v) is 22.6. The van der Waals surface area contributed by atoms with Crippen LogP contribution in [0.1, 0.15) is 25.3 Å². The molecule has 0 radical (unpaired) electrons. The first-order valence-corrected chi connectivity index (χ1v) is 12.8. The van der Waals surface area contributed by atoms with Crippen molar-refractivity contribution in [2.75, 3.05) is 33.0 Å². The van der Waals surface area contributed by atoms with Gasteiger partial charge >= 0.3 is 18.1 Å². The molecule has 11 nitrogen and oxygen atoms in total. The monoisotopic (exact) mass is 592 g/mol. The Hall–Kier alpha value is -4.59. The summed E-state index contributed by atoms with van der Waals surface area (Å²) in [6.07, 6.45) is -4.94. The van der Waals surface area contributed by atoms with Gasteiger partial charge in [0.15, 0.2) is 0 Å². The van der Waals surface area contributed by atoms with Crippen LogP contribution in [0.2, 0.25) is 0 Å². The van der Waals surface area contributed by atoms with Crippen LogP contribution in [0, 0.1) is 10.1 Å². The van der Waals surface area contributed by atoms with Crippen molar-refractivity contribution in [1.29, 1.82) is 0 Å². The molecule has 1 saturated heterocycles. The van der Waals surface area contributed by atoms with E-state index in [-0.39, 0.29) is 42.8 Å². The molecule has 2 aromatic rings. The number of halogens is 3. The van der Waals surface area contributed by atoms with Crippen LogP contribution in [0.5, 0.6) is 11.5 Å². The number of nitro benzene ring substituents is 1. The third-order valence-electron chi connectivity index (χ3n) is 6.22. The Labute approximate surface area is 238 Å². The lowest BCUT2D eigenvalue weighted by Gasteiger charge is -2.32. The van der Waals surface area contributed by atoms with Gasteiger partial charge in [0.1, 0.15) is 43.1 Å². The van der Waals surface area contributed by atoms with E-state index in [2.05, 4.69) is 5.32 Å². The number of alkyl halides is 3. The average Bonchev–Trinajstić information content (AvgIpc) is 3.78. The zero-order chi connectivity index (χ0) is 30.4. The molecule has 2 aliphatic heterocycles. The predicted molar refractivity (Wildman–Crippen MR) is 140 cm³/mol. The Morgan fingerprint density at radius 3 is 2.26 bits per heavy atom. The van der Waals surface area contributed by atoms with Gasteiger partial charge in [-0.2, -0.15) is 13.2 Å². The van der Waals surface area contributed by atoms with Crippen LogP contribution in [-0.2, 0) is 23.8 Å². The van der Waals surface area contributed by atoms with Crippen molar-refractivity contribution in [2.24, 2.45) is 0 Å². The number of nitrogens with one attached hydrogen (secondary N) is 1. The summed E-state index contributed by atoms with van der Waals surface area (Å²) >= 11 is 0. The SMILES string of the molecule is CCOC(=O)C1=C(C(F)(F)F)NC(C)=C(C(=O)OCCOc2ccc(OCC3CO3)cc2)C1c1cccc([N+](=O)[O-])c1. The van der Waals surface area contributed by atoms with Gasteiger partial charge in [-0.15, -0.1) is 0 Å². The summed E-state index contributed by atoms with van der Waals surface area (Å²) in [6.45, 7) is 3.08. The van der Waals surface area contributed by atoms with Crippen LogP contribution in [0.3, 0.4) is 0 Å². The van der Waals surface area contributed by atoms with E-state index in [9.17, 15) is 32.9 Å². The standard InChI is InChI=1S/C28H27F3N2O9/c1-3-38-27(35)24-23(17-5-4-6-18(13-17)33(36)37)22(16(2)32-25(24)28(29,30)31)26(34)40-12-11-39-19-7-9-20(10-8-19)41-14-21-15-42-21/h4-10,13,21,23,32H,3,11-12,14-15H2,1-2H3. The lowest BCUT2D eigenvalue weighted by molar-refractivity contribution is -0.384. The minimum absolute atomic E-state index is 0.0997. The molecule has 2 unspecified atom stereocenters. The molecule has 0 aromatic heterocycles. The number of non-ortho nitro benzene ring substituents is 1. The topological polar surface area (TPSA) is 139 Å². The first-order chi connectivity index (χ1) is 20.0. The minimum Gasteiger partial charge on any atom is -0.491 e. The average molecular weight is 593 g/mol. The summed E-state index contributed by atoms with van der Waals surface area (Å²) in [5.41, 5.74) is -3.49. The molecule has 14 heteroatoms. The molecule has 2 atom stereocenters. The molecule has 0 spiro atoms. The van der Waals surface area contributed by atoms with Crippen LogP contribution >= 0.6 is 0 Å². The lowest BCUT2D eigenvalue weighted by atomic mass is 9.80. The Bertz CT molecular complexity index is 1400. The summed E-state index contributed by atoms with van der Waals surface area (Å²) in [7, 11) is 0. The molecule has 0 aliphatic carbocycles. The number of esters is 2. The third-order valence-corrected chi connectivity index (χ3v) is 6.22. The first kappa shape index (κ1) is 30.4. The number of rotatable bonds is 12. The van der Waals surface area contributed by atoms with Crippen LogP contribution in [-0.4, -0.2) is 62.2 Å². The fraction of sp³-hybridized carbons (Fsp3) is 0.357. The maximum absolute atomic E-state index is 14.1. The van der Waals surface area contributed by atoms with Gasteiger partial charge in [-0.25, -0.2) is 9.59 Å². The highest BCUT2D eigenvalue weighted by molar-refractivity contribution is 6.00. The van der Waals surface area contributed by atoms with Crippen molar-refractivity contribution >= 4 is 17.6 Å². The zero-order valence-electron chi connectivity index (χ0n) is 22.6. The molecule has 2 aromatic carbocycles. The minimum atomic E-state index is -5.04. The second-order valence-corrected chi connectivity index (χ2v) is 9.18. The number of carbonyl (C=O) groups is 2. The number of nitrogens with zero attached hydrogens (tertiary/aromatic N) is 1. The number of benzene rings is 2. The van der Waals surface area contributed by atoms with Gasteiger partial charge < -0.3 is 29.0 Å². The lowest BCUT2D eigenvalue weighted by Crippen LogP contribution is -2.38. The van der Waals surface area contributed by atoms with Gasteiger partial charge in [-0.05, 0) is 43.7 Å². The fourth-order valence-corrected chi connectivity index (χ4v) is 4.26. The number of dihydropyridines is 1. The largest absolute Gasteiger partial charge is 0.491 e. The number of nitro groups is 1. The van der Waals surface area contributed by atoms with Crippen LogP contribution in [0.4, 0.5) is 18.9 Å². The predicted octanol–water partition coefficient (Wildman–Crippen LogP) is 4.33. The van der Waals surface area contributed by atoms with Crippen molar-refractivity contribution in [3.05, 3.63) is 86.7 Å². The number of hydrogen-bond acceptors (Lipinski definition) is 10. The molecule has 2 aliphatic rings. The van der Waals surface area contributed by atoms with E-state index in [1.807, 2.05) is 0 Å². The summed E-state index contributed by atoms with van der Waals surface area (Å²) in [5.74, 6) is -3.00. The normalized spacial score (nSPS) is 18.2. The van der Waals surface area contributed by atoms with Gasteiger partial charge in [-0.3, -0.25) is 10.1 Å². The number of hydrogen-bond donors (Lipinski definition) is 1. The van der Waals surface area contributed by atoms with E-state index in [4.69, 9.17) is 23.7 Å². The highest BCUT2D eigenvalue weighted by Crippen LogP contribution is 2.44. The molecule has 42 heavy (non-hydrogen) atoms. The van der Waals surface area contributed by atoms with E-state index < -0.39 is 45.9 Å².